The molecule has 2 aliphatic heterocycles. The van der Waals surface area contributed by atoms with Gasteiger partial charge in [0.1, 0.15) is 0 Å². The number of imide groups is 1. The highest BCUT2D eigenvalue weighted by atomic mass is 32.2. The van der Waals surface area contributed by atoms with Gasteiger partial charge in [0, 0.05) is 13.1 Å². The van der Waals surface area contributed by atoms with Crippen molar-refractivity contribution >= 4 is 32.9 Å². The maximum atomic E-state index is 11.4. The van der Waals surface area contributed by atoms with Gasteiger partial charge >= 0.3 is 0 Å². The molecule has 8 heteroatoms. The van der Waals surface area contributed by atoms with E-state index in [-0.39, 0.29) is 41.8 Å². The van der Waals surface area contributed by atoms with E-state index in [1.165, 1.54) is 9.21 Å². The second kappa shape index (κ2) is 4.01. The Morgan fingerprint density at radius 3 is 2.44 bits per heavy atom. The van der Waals surface area contributed by atoms with Crippen LogP contribution in [0.1, 0.15) is 6.92 Å². The fourth-order valence-electron chi connectivity index (χ4n) is 1.71. The summed E-state index contributed by atoms with van der Waals surface area (Å²) in [5.74, 6) is 0.0141. The first-order valence-corrected chi connectivity index (χ1v) is 7.52. The average molecular weight is 264 g/mol. The number of nitrogens with zero attached hydrogens (tertiary/aromatic N) is 2. The second-order valence-corrected chi connectivity index (χ2v) is 6.87. The third kappa shape index (κ3) is 1.85. The Bertz CT molecular complexity index is 411. The molecule has 0 unspecified atom stereocenters. The van der Waals surface area contributed by atoms with Gasteiger partial charge in [-0.2, -0.15) is 4.31 Å². The van der Waals surface area contributed by atoms with Crippen molar-refractivity contribution in [3.8, 4) is 0 Å². The smallest absolute Gasteiger partial charge is 0.273 e. The van der Waals surface area contributed by atoms with Crippen LogP contribution in [0.5, 0.6) is 0 Å². The van der Waals surface area contributed by atoms with E-state index in [1.54, 1.807) is 6.92 Å². The lowest BCUT2D eigenvalue weighted by Gasteiger charge is -2.41. The Morgan fingerprint density at radius 2 is 2.00 bits per heavy atom. The van der Waals surface area contributed by atoms with Crippen molar-refractivity contribution in [2.24, 2.45) is 0 Å². The van der Waals surface area contributed by atoms with Gasteiger partial charge in [0.25, 0.3) is 5.24 Å². The zero-order chi connectivity index (χ0) is 11.9. The molecule has 0 radical (unpaired) electrons. The Morgan fingerprint density at radius 1 is 1.38 bits per heavy atom. The monoisotopic (exact) mass is 264 g/mol. The Balaban J connectivity index is 1.99. The van der Waals surface area contributed by atoms with Crippen LogP contribution in [0.4, 0.5) is 4.79 Å². The van der Waals surface area contributed by atoms with Crippen molar-refractivity contribution in [1.82, 2.24) is 9.21 Å². The topological polar surface area (TPSA) is 74.8 Å². The van der Waals surface area contributed by atoms with Gasteiger partial charge in [-0.1, -0.05) is 11.8 Å². The third-order valence-corrected chi connectivity index (χ3v) is 5.39. The summed E-state index contributed by atoms with van der Waals surface area (Å²) in [4.78, 5) is 23.9. The quantitative estimate of drug-likeness (QED) is 0.700. The standard InChI is InChI=1S/C8H12N2O4S2/c1-2-16(13,14)9-3-6(4-9)10-7(11)5-15-8(10)12/h6H,2-5H2,1H3. The van der Waals surface area contributed by atoms with Gasteiger partial charge in [0.05, 0.1) is 17.5 Å². The molecule has 6 nitrogen and oxygen atoms in total. The van der Waals surface area contributed by atoms with Gasteiger partial charge in [-0.25, -0.2) is 8.42 Å². The first-order valence-electron chi connectivity index (χ1n) is 4.92. The number of hydrogen-bond donors (Lipinski definition) is 0. The molecule has 16 heavy (non-hydrogen) atoms. The van der Waals surface area contributed by atoms with Crippen LogP contribution in [-0.2, 0) is 14.8 Å². The van der Waals surface area contributed by atoms with Crippen LogP contribution in [0.15, 0.2) is 0 Å². The lowest BCUT2D eigenvalue weighted by Crippen LogP contribution is -2.62. The predicted octanol–water partition coefficient (Wildman–Crippen LogP) is -0.284. The summed E-state index contributed by atoms with van der Waals surface area (Å²) in [6.45, 7) is 2.06. The van der Waals surface area contributed by atoms with E-state index < -0.39 is 10.0 Å². The van der Waals surface area contributed by atoms with Crippen LogP contribution in [0.2, 0.25) is 0 Å². The molecule has 2 aliphatic rings. The van der Waals surface area contributed by atoms with Crippen molar-refractivity contribution in [3.63, 3.8) is 0 Å². The van der Waals surface area contributed by atoms with E-state index in [2.05, 4.69) is 0 Å². The molecule has 0 aromatic rings. The summed E-state index contributed by atoms with van der Waals surface area (Å²) in [5, 5.41) is -0.261. The summed E-state index contributed by atoms with van der Waals surface area (Å²) >= 11 is 0.975. The summed E-state index contributed by atoms with van der Waals surface area (Å²) in [7, 11) is -3.18. The van der Waals surface area contributed by atoms with Crippen LogP contribution in [0, 0.1) is 0 Å². The predicted molar refractivity (Wildman–Crippen MR) is 59.5 cm³/mol. The molecule has 2 fully saturated rings. The number of hydrogen-bond acceptors (Lipinski definition) is 5. The molecule has 0 aromatic carbocycles. The Labute approximate surface area is 98.0 Å². The fraction of sp³-hybridized carbons (Fsp3) is 0.750. The minimum absolute atomic E-state index is 0.0519. The average Bonchev–Trinajstić information content (AvgIpc) is 2.47. The second-order valence-electron chi connectivity index (χ2n) is 3.69. The first kappa shape index (κ1) is 11.9. The van der Waals surface area contributed by atoms with Gasteiger partial charge in [0.15, 0.2) is 0 Å². The van der Waals surface area contributed by atoms with E-state index >= 15 is 0 Å². The SMILES string of the molecule is CCS(=O)(=O)N1CC(N2C(=O)CSC2=O)C1. The van der Waals surface area contributed by atoms with Crippen LogP contribution >= 0.6 is 11.8 Å². The van der Waals surface area contributed by atoms with Crippen molar-refractivity contribution < 1.29 is 18.0 Å². The fourth-order valence-corrected chi connectivity index (χ4v) is 3.65. The number of carbonyl (C=O) groups is 2. The summed E-state index contributed by atoms with van der Waals surface area (Å²) in [6, 6.07) is -0.267. The molecule has 0 aliphatic carbocycles. The number of amides is 2. The highest BCUT2D eigenvalue weighted by Crippen LogP contribution is 2.27. The van der Waals surface area contributed by atoms with Crippen molar-refractivity contribution in [2.75, 3.05) is 24.6 Å². The molecule has 2 heterocycles. The normalized spacial score (nSPS) is 23.9. The highest BCUT2D eigenvalue weighted by molar-refractivity contribution is 8.14. The highest BCUT2D eigenvalue weighted by Gasteiger charge is 2.44. The molecule has 0 saturated carbocycles. The molecule has 0 spiro atoms. The summed E-state index contributed by atoms with van der Waals surface area (Å²) < 4.78 is 24.2. The van der Waals surface area contributed by atoms with E-state index in [4.69, 9.17) is 0 Å². The number of rotatable bonds is 3. The minimum Gasteiger partial charge on any atom is -0.273 e. The first-order chi connectivity index (χ1) is 7.45. The molecular weight excluding hydrogens is 252 g/mol. The van der Waals surface area contributed by atoms with Crippen molar-refractivity contribution in [3.05, 3.63) is 0 Å². The van der Waals surface area contributed by atoms with Crippen LogP contribution in [-0.4, -0.2) is 59.4 Å². The van der Waals surface area contributed by atoms with Crippen molar-refractivity contribution in [1.29, 1.82) is 0 Å². The zero-order valence-electron chi connectivity index (χ0n) is 8.75. The van der Waals surface area contributed by atoms with E-state index in [0.29, 0.717) is 0 Å². The zero-order valence-corrected chi connectivity index (χ0v) is 10.4. The van der Waals surface area contributed by atoms with E-state index in [1.807, 2.05) is 0 Å². The van der Waals surface area contributed by atoms with Crippen LogP contribution < -0.4 is 0 Å². The lowest BCUT2D eigenvalue weighted by molar-refractivity contribution is -0.127. The molecule has 0 bridgehead atoms. The number of sulfonamides is 1. The molecule has 90 valence electrons. The van der Waals surface area contributed by atoms with Gasteiger partial charge in [-0.3, -0.25) is 14.5 Å². The molecule has 2 amide bonds. The van der Waals surface area contributed by atoms with Crippen molar-refractivity contribution in [2.45, 2.75) is 13.0 Å². The minimum atomic E-state index is -3.18. The molecule has 0 aromatic heterocycles. The molecule has 0 N–H and O–H groups in total. The van der Waals surface area contributed by atoms with Gasteiger partial charge in [-0.05, 0) is 6.92 Å². The van der Waals surface area contributed by atoms with Gasteiger partial charge in [-0.15, -0.1) is 0 Å². The third-order valence-electron chi connectivity index (χ3n) is 2.74. The van der Waals surface area contributed by atoms with Crippen LogP contribution in [0.25, 0.3) is 0 Å². The summed E-state index contributed by atoms with van der Waals surface area (Å²) in [5.41, 5.74) is 0. The summed E-state index contributed by atoms with van der Waals surface area (Å²) in [6.07, 6.45) is 0. The Kier molecular flexibility index (Phi) is 2.97. The molecule has 2 saturated heterocycles. The Hall–Kier alpha value is -0.600. The molecule has 0 atom stereocenters. The molecule has 2 rings (SSSR count). The number of carbonyl (C=O) groups excluding carboxylic acids is 2. The largest absolute Gasteiger partial charge is 0.289 e. The lowest BCUT2D eigenvalue weighted by atomic mass is 10.1. The maximum absolute atomic E-state index is 11.4. The number of thioether (sulfide) groups is 1. The maximum Gasteiger partial charge on any atom is 0.289 e. The van der Waals surface area contributed by atoms with E-state index in [0.717, 1.165) is 11.8 Å². The van der Waals surface area contributed by atoms with Gasteiger partial charge in [0.2, 0.25) is 15.9 Å². The van der Waals surface area contributed by atoms with E-state index in [9.17, 15) is 18.0 Å². The van der Waals surface area contributed by atoms with Crippen LogP contribution in [0.3, 0.4) is 0 Å². The molecular formula is C8H12N2O4S2. The van der Waals surface area contributed by atoms with Gasteiger partial charge < -0.3 is 0 Å².